The molecule has 1 aliphatic rings. The lowest BCUT2D eigenvalue weighted by Crippen LogP contribution is -2.20. The van der Waals surface area contributed by atoms with Crippen molar-refractivity contribution in [2.45, 2.75) is 45.4 Å². The Morgan fingerprint density at radius 2 is 1.94 bits per heavy atom. The zero-order valence-electron chi connectivity index (χ0n) is 10.4. The second-order valence-corrected chi connectivity index (χ2v) is 4.73. The van der Waals surface area contributed by atoms with Gasteiger partial charge >= 0.3 is 0 Å². The molecule has 2 nitrogen and oxygen atoms in total. The van der Waals surface area contributed by atoms with Gasteiger partial charge in [-0.15, -0.1) is 0 Å². The van der Waals surface area contributed by atoms with E-state index in [2.05, 4.69) is 32.9 Å². The monoisotopic (exact) mass is 220 g/mol. The molecular formula is C14H20O2. The maximum atomic E-state index is 5.43. The van der Waals surface area contributed by atoms with Crippen molar-refractivity contribution >= 4 is 0 Å². The van der Waals surface area contributed by atoms with Crippen molar-refractivity contribution < 1.29 is 9.47 Å². The molecule has 0 fully saturated rings. The van der Waals surface area contributed by atoms with Crippen molar-refractivity contribution in [3.05, 3.63) is 23.8 Å². The average Bonchev–Trinajstić information content (AvgIpc) is 2.76. The number of ether oxygens (including phenoxy) is 2. The molecule has 0 spiro atoms. The van der Waals surface area contributed by atoms with Gasteiger partial charge in [0.2, 0.25) is 6.79 Å². The van der Waals surface area contributed by atoms with E-state index in [1.54, 1.807) is 0 Å². The van der Waals surface area contributed by atoms with Crippen molar-refractivity contribution in [2.24, 2.45) is 0 Å². The van der Waals surface area contributed by atoms with Crippen molar-refractivity contribution in [2.75, 3.05) is 6.79 Å². The van der Waals surface area contributed by atoms with Crippen LogP contribution in [0, 0.1) is 0 Å². The summed E-state index contributed by atoms with van der Waals surface area (Å²) in [5, 5.41) is 0. The maximum absolute atomic E-state index is 5.43. The average molecular weight is 220 g/mol. The summed E-state index contributed by atoms with van der Waals surface area (Å²) in [5.74, 6) is 1.77. The Morgan fingerprint density at radius 1 is 1.19 bits per heavy atom. The predicted octanol–water partition coefficient (Wildman–Crippen LogP) is 3.88. The summed E-state index contributed by atoms with van der Waals surface area (Å²) >= 11 is 0. The van der Waals surface area contributed by atoms with Crippen LogP contribution < -0.4 is 9.47 Å². The second-order valence-electron chi connectivity index (χ2n) is 4.73. The van der Waals surface area contributed by atoms with E-state index >= 15 is 0 Å². The van der Waals surface area contributed by atoms with E-state index in [1.807, 2.05) is 6.07 Å². The quantitative estimate of drug-likeness (QED) is 0.766. The number of fused-ring (bicyclic) bond motifs is 1. The molecule has 0 radical (unpaired) electrons. The molecule has 2 rings (SSSR count). The lowest BCUT2D eigenvalue weighted by atomic mass is 9.76. The summed E-state index contributed by atoms with van der Waals surface area (Å²) in [6.07, 6.45) is 3.57. The Kier molecular flexibility index (Phi) is 3.08. The molecule has 1 heterocycles. The molecule has 0 N–H and O–H groups in total. The molecule has 0 aromatic heterocycles. The van der Waals surface area contributed by atoms with Gasteiger partial charge in [0.1, 0.15) is 0 Å². The van der Waals surface area contributed by atoms with Crippen LogP contribution in [-0.2, 0) is 5.41 Å². The van der Waals surface area contributed by atoms with Crippen LogP contribution in [0.1, 0.15) is 45.6 Å². The highest BCUT2D eigenvalue weighted by atomic mass is 16.7. The van der Waals surface area contributed by atoms with E-state index in [0.29, 0.717) is 6.79 Å². The standard InChI is InChI=1S/C14H20O2/c1-4-8-14(3,5-2)11-6-7-12-13(9-11)16-10-15-12/h6-7,9H,4-5,8,10H2,1-3H3. The van der Waals surface area contributed by atoms with Crippen molar-refractivity contribution in [1.29, 1.82) is 0 Å². The van der Waals surface area contributed by atoms with Crippen LogP contribution in [0.15, 0.2) is 18.2 Å². The summed E-state index contributed by atoms with van der Waals surface area (Å²) in [6, 6.07) is 6.34. The Morgan fingerprint density at radius 3 is 2.62 bits per heavy atom. The highest BCUT2D eigenvalue weighted by Crippen LogP contribution is 2.39. The fourth-order valence-electron chi connectivity index (χ4n) is 2.35. The van der Waals surface area contributed by atoms with Gasteiger partial charge in [-0.1, -0.05) is 33.3 Å². The lowest BCUT2D eigenvalue weighted by Gasteiger charge is -2.28. The number of hydrogen-bond acceptors (Lipinski definition) is 2. The molecule has 1 aromatic rings. The Balaban J connectivity index is 2.32. The van der Waals surface area contributed by atoms with E-state index < -0.39 is 0 Å². The molecule has 0 aliphatic carbocycles. The first kappa shape index (κ1) is 11.3. The molecule has 16 heavy (non-hydrogen) atoms. The van der Waals surface area contributed by atoms with Gasteiger partial charge in [0.15, 0.2) is 11.5 Å². The summed E-state index contributed by atoms with van der Waals surface area (Å²) < 4.78 is 10.8. The van der Waals surface area contributed by atoms with E-state index in [1.165, 1.54) is 18.4 Å². The molecule has 0 saturated carbocycles. The minimum absolute atomic E-state index is 0.260. The number of benzene rings is 1. The molecular weight excluding hydrogens is 200 g/mol. The van der Waals surface area contributed by atoms with Gasteiger partial charge < -0.3 is 9.47 Å². The molecule has 2 heteroatoms. The van der Waals surface area contributed by atoms with Gasteiger partial charge in [-0.3, -0.25) is 0 Å². The third-order valence-electron chi connectivity index (χ3n) is 3.65. The van der Waals surface area contributed by atoms with Crippen molar-refractivity contribution in [1.82, 2.24) is 0 Å². The fraction of sp³-hybridized carbons (Fsp3) is 0.571. The van der Waals surface area contributed by atoms with Gasteiger partial charge in [-0.05, 0) is 36.0 Å². The normalized spacial score (nSPS) is 17.2. The number of hydrogen-bond donors (Lipinski definition) is 0. The molecule has 0 saturated heterocycles. The second kappa shape index (κ2) is 4.36. The van der Waals surface area contributed by atoms with E-state index in [0.717, 1.165) is 17.9 Å². The summed E-state index contributed by atoms with van der Waals surface area (Å²) in [4.78, 5) is 0. The van der Waals surface area contributed by atoms with Gasteiger partial charge in [0, 0.05) is 0 Å². The minimum Gasteiger partial charge on any atom is -0.454 e. The SMILES string of the molecule is CCCC(C)(CC)c1ccc2c(c1)OCO2. The Hall–Kier alpha value is -1.18. The van der Waals surface area contributed by atoms with Gasteiger partial charge in [0.05, 0.1) is 0 Å². The third kappa shape index (κ3) is 1.89. The fourth-order valence-corrected chi connectivity index (χ4v) is 2.35. The first-order valence-electron chi connectivity index (χ1n) is 6.09. The van der Waals surface area contributed by atoms with E-state index in [4.69, 9.17) is 9.47 Å². The zero-order chi connectivity index (χ0) is 11.6. The van der Waals surface area contributed by atoms with Gasteiger partial charge in [-0.2, -0.15) is 0 Å². The molecule has 1 atom stereocenters. The summed E-state index contributed by atoms with van der Waals surface area (Å²) in [6.45, 7) is 7.17. The molecule has 1 aromatic carbocycles. The third-order valence-corrected chi connectivity index (χ3v) is 3.65. The molecule has 88 valence electrons. The van der Waals surface area contributed by atoms with Crippen LogP contribution in [0.4, 0.5) is 0 Å². The Labute approximate surface area is 97.6 Å². The highest BCUT2D eigenvalue weighted by Gasteiger charge is 2.25. The minimum atomic E-state index is 0.260. The van der Waals surface area contributed by atoms with Gasteiger partial charge in [-0.25, -0.2) is 0 Å². The molecule has 1 unspecified atom stereocenters. The summed E-state index contributed by atoms with van der Waals surface area (Å²) in [5.41, 5.74) is 1.62. The molecule has 0 bridgehead atoms. The van der Waals surface area contributed by atoms with Crippen molar-refractivity contribution in [3.8, 4) is 11.5 Å². The highest BCUT2D eigenvalue weighted by molar-refractivity contribution is 5.46. The first-order valence-corrected chi connectivity index (χ1v) is 6.09. The van der Waals surface area contributed by atoms with Crippen LogP contribution >= 0.6 is 0 Å². The lowest BCUT2D eigenvalue weighted by molar-refractivity contribution is 0.174. The first-order chi connectivity index (χ1) is 7.69. The number of rotatable bonds is 4. The van der Waals surface area contributed by atoms with Crippen LogP contribution in [-0.4, -0.2) is 6.79 Å². The predicted molar refractivity (Wildman–Crippen MR) is 65.1 cm³/mol. The van der Waals surface area contributed by atoms with Crippen LogP contribution in [0.3, 0.4) is 0 Å². The zero-order valence-corrected chi connectivity index (χ0v) is 10.4. The van der Waals surface area contributed by atoms with Crippen LogP contribution in [0.5, 0.6) is 11.5 Å². The smallest absolute Gasteiger partial charge is 0.231 e. The topological polar surface area (TPSA) is 18.5 Å². The largest absolute Gasteiger partial charge is 0.454 e. The van der Waals surface area contributed by atoms with E-state index in [-0.39, 0.29) is 5.41 Å². The van der Waals surface area contributed by atoms with E-state index in [9.17, 15) is 0 Å². The van der Waals surface area contributed by atoms with Crippen molar-refractivity contribution in [3.63, 3.8) is 0 Å². The van der Waals surface area contributed by atoms with Gasteiger partial charge in [0.25, 0.3) is 0 Å². The molecule has 0 amide bonds. The van der Waals surface area contributed by atoms with Crippen LogP contribution in [0.25, 0.3) is 0 Å². The maximum Gasteiger partial charge on any atom is 0.231 e. The van der Waals surface area contributed by atoms with Crippen LogP contribution in [0.2, 0.25) is 0 Å². The Bertz CT molecular complexity index is 373. The summed E-state index contributed by atoms with van der Waals surface area (Å²) in [7, 11) is 0. The molecule has 1 aliphatic heterocycles.